The summed E-state index contributed by atoms with van der Waals surface area (Å²) in [7, 11) is 0. The van der Waals surface area contributed by atoms with E-state index < -0.39 is 40.0 Å². The fourth-order valence-electron chi connectivity index (χ4n) is 7.01. The highest BCUT2D eigenvalue weighted by Crippen LogP contribution is 2.62. The molecule has 0 radical (unpaired) electrons. The molecule has 2 aliphatic carbocycles. The van der Waals surface area contributed by atoms with Gasteiger partial charge in [0.2, 0.25) is 0 Å². The number of carbonyl (C=O) groups is 3. The Morgan fingerprint density at radius 3 is 2.14 bits per heavy atom. The molecule has 0 aromatic heterocycles. The fourth-order valence-corrected chi connectivity index (χ4v) is 7.01. The van der Waals surface area contributed by atoms with E-state index >= 15 is 14.4 Å². The third-order valence-electron chi connectivity index (χ3n) is 9.51. The predicted molar refractivity (Wildman–Crippen MR) is 171 cm³/mol. The number of ketones is 3. The lowest BCUT2D eigenvalue weighted by Crippen LogP contribution is -2.68. The number of rotatable bonds is 8. The van der Waals surface area contributed by atoms with Gasteiger partial charge in [0.05, 0.1) is 5.41 Å². The van der Waals surface area contributed by atoms with Crippen LogP contribution in [0.2, 0.25) is 0 Å². The summed E-state index contributed by atoms with van der Waals surface area (Å²) in [6, 6.07) is 8.77. The minimum Gasteiger partial charge on any atom is -0.487 e. The predicted octanol–water partition coefficient (Wildman–Crippen LogP) is 8.07. The molecular formula is C38H48O5. The summed E-state index contributed by atoms with van der Waals surface area (Å²) in [6.45, 7) is 17.5. The van der Waals surface area contributed by atoms with Crippen LogP contribution in [0.5, 0.6) is 0 Å². The number of aliphatic hydroxyl groups excluding tert-OH is 1. The van der Waals surface area contributed by atoms with Crippen LogP contribution >= 0.6 is 0 Å². The number of benzene rings is 1. The van der Waals surface area contributed by atoms with Crippen molar-refractivity contribution < 1.29 is 24.2 Å². The summed E-state index contributed by atoms with van der Waals surface area (Å²) in [5.41, 5.74) is 0.333. The molecule has 1 aromatic rings. The van der Waals surface area contributed by atoms with Crippen molar-refractivity contribution in [3.63, 3.8) is 0 Å². The van der Waals surface area contributed by atoms with Crippen molar-refractivity contribution in [2.75, 3.05) is 0 Å². The van der Waals surface area contributed by atoms with Crippen molar-refractivity contribution in [2.45, 2.75) is 99.7 Å². The molecule has 4 rings (SSSR count). The standard InChI is InChI=1S/C38H48O5/c1-23(2)15-17-28-22-37(20-19-25(5)6)32(40)29(18-16-24(3)4)34-38(35(37)42,31(39)27-13-11-10-12-14-27)30(21-26(28)7)33(41)36(8,9)43-34/h10-16,19,21,28,30,33,41H,17-18,20,22H2,1-9H3. The van der Waals surface area contributed by atoms with E-state index in [2.05, 4.69) is 6.08 Å². The number of hydrogen-bond donors (Lipinski definition) is 1. The van der Waals surface area contributed by atoms with Gasteiger partial charge >= 0.3 is 0 Å². The molecule has 0 saturated carbocycles. The first-order valence-corrected chi connectivity index (χ1v) is 15.5. The molecule has 3 aliphatic rings. The molecule has 43 heavy (non-hydrogen) atoms. The average Bonchev–Trinajstić information content (AvgIpc) is 2.94. The molecule has 1 fully saturated rings. The van der Waals surface area contributed by atoms with Crippen LogP contribution in [0.25, 0.3) is 0 Å². The van der Waals surface area contributed by atoms with Gasteiger partial charge in [0.1, 0.15) is 17.5 Å². The minimum atomic E-state index is -1.88. The zero-order valence-corrected chi connectivity index (χ0v) is 27.3. The van der Waals surface area contributed by atoms with Gasteiger partial charge in [0, 0.05) is 17.1 Å². The smallest absolute Gasteiger partial charge is 0.184 e. The zero-order chi connectivity index (χ0) is 31.9. The largest absolute Gasteiger partial charge is 0.487 e. The van der Waals surface area contributed by atoms with Crippen LogP contribution in [0.3, 0.4) is 0 Å². The van der Waals surface area contributed by atoms with Crippen LogP contribution in [0.15, 0.2) is 88.3 Å². The second-order valence-corrected chi connectivity index (χ2v) is 14.0. The van der Waals surface area contributed by atoms with Crippen molar-refractivity contribution in [2.24, 2.45) is 22.7 Å². The van der Waals surface area contributed by atoms with Crippen LogP contribution in [-0.4, -0.2) is 34.2 Å². The Labute approximate surface area is 257 Å². The van der Waals surface area contributed by atoms with E-state index in [1.165, 1.54) is 0 Å². The number of fused-ring (bicyclic) bond motifs is 1. The van der Waals surface area contributed by atoms with Crippen LogP contribution in [0.1, 0.15) is 98.4 Å². The van der Waals surface area contributed by atoms with Gasteiger partial charge in [-0.25, -0.2) is 0 Å². The van der Waals surface area contributed by atoms with Crippen molar-refractivity contribution in [3.8, 4) is 0 Å². The molecule has 1 N–H and O–H groups in total. The summed E-state index contributed by atoms with van der Waals surface area (Å²) < 4.78 is 6.57. The Hall–Kier alpha value is -3.31. The maximum atomic E-state index is 15.5. The van der Waals surface area contributed by atoms with E-state index in [4.69, 9.17) is 4.74 Å². The molecule has 1 saturated heterocycles. The third kappa shape index (κ3) is 5.57. The van der Waals surface area contributed by atoms with Gasteiger partial charge < -0.3 is 9.84 Å². The zero-order valence-electron chi connectivity index (χ0n) is 27.3. The van der Waals surface area contributed by atoms with Gasteiger partial charge in [-0.15, -0.1) is 0 Å². The number of carbonyl (C=O) groups excluding carboxylic acids is 3. The van der Waals surface area contributed by atoms with Gasteiger partial charge in [-0.05, 0) is 93.9 Å². The molecular weight excluding hydrogens is 536 g/mol. The van der Waals surface area contributed by atoms with Crippen LogP contribution in [0.4, 0.5) is 0 Å². The fraction of sp³-hybridized carbons (Fsp3) is 0.500. The molecule has 1 aromatic carbocycles. The van der Waals surface area contributed by atoms with Gasteiger partial charge in [-0.3, -0.25) is 14.4 Å². The molecule has 230 valence electrons. The third-order valence-corrected chi connectivity index (χ3v) is 9.51. The van der Waals surface area contributed by atoms with Crippen LogP contribution in [-0.2, 0) is 14.3 Å². The highest BCUT2D eigenvalue weighted by molar-refractivity contribution is 6.29. The molecule has 1 aliphatic heterocycles. The van der Waals surface area contributed by atoms with Crippen molar-refractivity contribution in [1.82, 2.24) is 0 Å². The quantitative estimate of drug-likeness (QED) is 0.190. The van der Waals surface area contributed by atoms with Crippen molar-refractivity contribution in [1.29, 1.82) is 0 Å². The molecule has 1 heterocycles. The van der Waals surface area contributed by atoms with Gasteiger partial charge in [-0.2, -0.15) is 0 Å². The first kappa shape index (κ1) is 32.6. The lowest BCUT2D eigenvalue weighted by atomic mass is 9.47. The molecule has 5 nitrogen and oxygen atoms in total. The van der Waals surface area contributed by atoms with E-state index in [0.717, 1.165) is 22.3 Å². The number of ether oxygens (including phenoxy) is 1. The summed E-state index contributed by atoms with van der Waals surface area (Å²) in [5.74, 6) is -2.05. The van der Waals surface area contributed by atoms with Crippen LogP contribution < -0.4 is 0 Å². The molecule has 5 atom stereocenters. The summed E-state index contributed by atoms with van der Waals surface area (Å²) >= 11 is 0. The molecule has 5 heteroatoms. The Morgan fingerprint density at radius 2 is 1.56 bits per heavy atom. The Bertz CT molecular complexity index is 1450. The van der Waals surface area contributed by atoms with E-state index in [1.807, 2.05) is 72.8 Å². The highest BCUT2D eigenvalue weighted by Gasteiger charge is 2.72. The van der Waals surface area contributed by atoms with E-state index in [-0.39, 0.29) is 36.7 Å². The Balaban J connectivity index is 2.21. The van der Waals surface area contributed by atoms with E-state index in [1.54, 1.807) is 38.1 Å². The summed E-state index contributed by atoms with van der Waals surface area (Å²) in [5, 5.41) is 12.0. The second kappa shape index (κ2) is 12.0. The normalized spacial score (nSPS) is 29.4. The number of Topliss-reactive ketones (excluding diaryl/α,β-unsaturated/α-hetero) is 3. The Kier molecular flexibility index (Phi) is 9.09. The van der Waals surface area contributed by atoms with E-state index in [0.29, 0.717) is 17.6 Å². The van der Waals surface area contributed by atoms with Crippen molar-refractivity contribution >= 4 is 17.3 Å². The summed E-state index contributed by atoms with van der Waals surface area (Å²) in [6.07, 6.45) is 8.21. The topological polar surface area (TPSA) is 80.7 Å². The number of allylic oxidation sites excluding steroid dienone is 9. The van der Waals surface area contributed by atoms with Crippen molar-refractivity contribution in [3.05, 3.63) is 93.8 Å². The maximum Gasteiger partial charge on any atom is 0.184 e. The highest BCUT2D eigenvalue weighted by atomic mass is 16.5. The lowest BCUT2D eigenvalue weighted by molar-refractivity contribution is -0.179. The molecule has 2 bridgehead atoms. The first-order chi connectivity index (χ1) is 20.1. The SMILES string of the molecule is CC(C)=CCC1=C2OC(C)(C)C(O)C3C=C(C)C(CC=C(C)C)CC(CC=C(C)C)(C1=O)C(=O)C23C(=O)c1ccccc1. The first-order valence-electron chi connectivity index (χ1n) is 15.5. The molecule has 5 unspecified atom stereocenters. The molecule has 0 spiro atoms. The van der Waals surface area contributed by atoms with E-state index in [9.17, 15) is 5.11 Å². The maximum absolute atomic E-state index is 15.5. The number of hydrogen-bond acceptors (Lipinski definition) is 5. The Morgan fingerprint density at radius 1 is 0.953 bits per heavy atom. The van der Waals surface area contributed by atoms with Gasteiger partial charge in [0.25, 0.3) is 0 Å². The van der Waals surface area contributed by atoms with Crippen LogP contribution in [0, 0.1) is 22.7 Å². The minimum absolute atomic E-state index is 0.119. The number of aliphatic hydroxyl groups is 1. The summed E-state index contributed by atoms with van der Waals surface area (Å²) in [4.78, 5) is 45.6. The lowest BCUT2D eigenvalue weighted by Gasteiger charge is -2.57. The average molecular weight is 585 g/mol. The van der Waals surface area contributed by atoms with Gasteiger partial charge in [0.15, 0.2) is 22.8 Å². The second-order valence-electron chi connectivity index (χ2n) is 14.0. The molecule has 0 amide bonds. The van der Waals surface area contributed by atoms with Gasteiger partial charge in [-0.1, -0.05) is 76.9 Å². The monoisotopic (exact) mass is 584 g/mol.